The van der Waals surface area contributed by atoms with E-state index in [9.17, 15) is 4.79 Å². The number of aryl methyl sites for hydroxylation is 2. The first kappa shape index (κ1) is 20.6. The van der Waals surface area contributed by atoms with Crippen molar-refractivity contribution >= 4 is 17.5 Å². The van der Waals surface area contributed by atoms with Crippen molar-refractivity contribution in [3.05, 3.63) is 76.8 Å². The highest BCUT2D eigenvalue weighted by molar-refractivity contribution is 6.30. The van der Waals surface area contributed by atoms with Crippen molar-refractivity contribution in [3.63, 3.8) is 0 Å². The van der Waals surface area contributed by atoms with Crippen LogP contribution in [0.1, 0.15) is 23.6 Å². The average Bonchev–Trinajstić information content (AvgIpc) is 3.14. The molecular formula is C24H26ClN3O2. The molecule has 0 spiro atoms. The maximum atomic E-state index is 13.1. The Labute approximate surface area is 182 Å². The number of carbonyl (C=O) groups is 1. The second-order valence-electron chi connectivity index (χ2n) is 7.65. The van der Waals surface area contributed by atoms with E-state index >= 15 is 0 Å². The van der Waals surface area contributed by atoms with Gasteiger partial charge < -0.3 is 14.6 Å². The van der Waals surface area contributed by atoms with Crippen molar-refractivity contribution in [2.45, 2.75) is 32.2 Å². The molecule has 1 unspecified atom stereocenters. The minimum Gasteiger partial charge on any atom is -0.445 e. The zero-order valence-corrected chi connectivity index (χ0v) is 17.9. The first-order valence-electron chi connectivity index (χ1n) is 10.4. The summed E-state index contributed by atoms with van der Waals surface area (Å²) in [6, 6.07) is 18.0. The SMILES string of the molecule is Cc1nc(-c2ccc(Cl)cc2)c(CCC(=O)N2CCNCC2Cc2ccccc2)o1. The second-order valence-corrected chi connectivity index (χ2v) is 8.08. The molecule has 1 aliphatic heterocycles. The molecule has 0 aliphatic carbocycles. The summed E-state index contributed by atoms with van der Waals surface area (Å²) < 4.78 is 5.83. The zero-order chi connectivity index (χ0) is 20.9. The van der Waals surface area contributed by atoms with E-state index in [0.29, 0.717) is 23.8 Å². The van der Waals surface area contributed by atoms with Gasteiger partial charge in [0.15, 0.2) is 5.89 Å². The molecule has 4 rings (SSSR count). The van der Waals surface area contributed by atoms with Crippen LogP contribution in [0.2, 0.25) is 5.02 Å². The van der Waals surface area contributed by atoms with Gasteiger partial charge in [0.2, 0.25) is 5.91 Å². The predicted molar refractivity (Wildman–Crippen MR) is 119 cm³/mol. The molecule has 2 heterocycles. The Balaban J connectivity index is 1.44. The molecule has 1 N–H and O–H groups in total. The van der Waals surface area contributed by atoms with Crippen LogP contribution in [0, 0.1) is 6.92 Å². The largest absolute Gasteiger partial charge is 0.445 e. The van der Waals surface area contributed by atoms with Crippen LogP contribution in [-0.2, 0) is 17.6 Å². The van der Waals surface area contributed by atoms with E-state index in [0.717, 1.165) is 43.1 Å². The highest BCUT2D eigenvalue weighted by atomic mass is 35.5. The van der Waals surface area contributed by atoms with E-state index in [-0.39, 0.29) is 11.9 Å². The summed E-state index contributed by atoms with van der Waals surface area (Å²) in [5.41, 5.74) is 2.99. The number of hydrogen-bond acceptors (Lipinski definition) is 4. The summed E-state index contributed by atoms with van der Waals surface area (Å²) in [6.45, 7) is 4.21. The molecule has 30 heavy (non-hydrogen) atoms. The number of benzene rings is 2. The van der Waals surface area contributed by atoms with Crippen LogP contribution in [0.3, 0.4) is 0 Å². The molecule has 3 aromatic rings. The molecule has 0 saturated carbocycles. The molecule has 1 aromatic heterocycles. The van der Waals surface area contributed by atoms with Gasteiger partial charge in [0.25, 0.3) is 0 Å². The minimum atomic E-state index is 0.161. The summed E-state index contributed by atoms with van der Waals surface area (Å²) in [5, 5.41) is 4.10. The Morgan fingerprint density at radius 2 is 1.97 bits per heavy atom. The van der Waals surface area contributed by atoms with Crippen molar-refractivity contribution < 1.29 is 9.21 Å². The molecule has 1 saturated heterocycles. The van der Waals surface area contributed by atoms with Crippen LogP contribution in [-0.4, -0.2) is 41.5 Å². The predicted octanol–water partition coefficient (Wildman–Crippen LogP) is 4.28. The fourth-order valence-corrected chi connectivity index (χ4v) is 4.12. The van der Waals surface area contributed by atoms with E-state index in [1.165, 1.54) is 5.56 Å². The van der Waals surface area contributed by atoms with Crippen molar-refractivity contribution in [2.24, 2.45) is 0 Å². The van der Waals surface area contributed by atoms with Gasteiger partial charge in [-0.3, -0.25) is 4.79 Å². The monoisotopic (exact) mass is 423 g/mol. The summed E-state index contributed by atoms with van der Waals surface area (Å²) in [6.07, 6.45) is 1.79. The number of hydrogen-bond donors (Lipinski definition) is 1. The van der Waals surface area contributed by atoms with Gasteiger partial charge in [-0.1, -0.05) is 54.1 Å². The number of amides is 1. The molecule has 0 radical (unpaired) electrons. The summed E-state index contributed by atoms with van der Waals surface area (Å²) in [4.78, 5) is 19.6. The lowest BCUT2D eigenvalue weighted by atomic mass is 10.0. The first-order chi connectivity index (χ1) is 14.6. The molecule has 156 valence electrons. The lowest BCUT2D eigenvalue weighted by Gasteiger charge is -2.36. The number of oxazole rings is 1. The third-order valence-corrected chi connectivity index (χ3v) is 5.72. The zero-order valence-electron chi connectivity index (χ0n) is 17.1. The fraction of sp³-hybridized carbons (Fsp3) is 0.333. The maximum absolute atomic E-state index is 13.1. The fourth-order valence-electron chi connectivity index (χ4n) is 3.99. The molecule has 5 nitrogen and oxygen atoms in total. The van der Waals surface area contributed by atoms with Gasteiger partial charge in [0.1, 0.15) is 11.5 Å². The van der Waals surface area contributed by atoms with Gasteiger partial charge in [-0.25, -0.2) is 4.98 Å². The Kier molecular flexibility index (Phi) is 6.50. The van der Waals surface area contributed by atoms with Gasteiger partial charge in [-0.15, -0.1) is 0 Å². The topological polar surface area (TPSA) is 58.4 Å². The van der Waals surface area contributed by atoms with Gasteiger partial charge in [-0.2, -0.15) is 0 Å². The Morgan fingerprint density at radius 1 is 1.20 bits per heavy atom. The Hall–Kier alpha value is -2.63. The summed E-state index contributed by atoms with van der Waals surface area (Å²) >= 11 is 6.01. The lowest BCUT2D eigenvalue weighted by molar-refractivity contribution is -0.134. The highest BCUT2D eigenvalue weighted by Gasteiger charge is 2.27. The Morgan fingerprint density at radius 3 is 2.73 bits per heavy atom. The second kappa shape index (κ2) is 9.45. The summed E-state index contributed by atoms with van der Waals surface area (Å²) in [5.74, 6) is 1.51. The molecule has 0 bridgehead atoms. The van der Waals surface area contributed by atoms with Crippen LogP contribution in [0.5, 0.6) is 0 Å². The number of piperazine rings is 1. The van der Waals surface area contributed by atoms with E-state index in [1.54, 1.807) is 0 Å². The van der Waals surface area contributed by atoms with Crippen LogP contribution >= 0.6 is 11.6 Å². The number of halogens is 1. The van der Waals surface area contributed by atoms with Crippen LogP contribution in [0.25, 0.3) is 11.3 Å². The molecule has 6 heteroatoms. The van der Waals surface area contributed by atoms with Crippen LogP contribution < -0.4 is 5.32 Å². The molecule has 1 atom stereocenters. The van der Waals surface area contributed by atoms with E-state index < -0.39 is 0 Å². The highest BCUT2D eigenvalue weighted by Crippen LogP contribution is 2.26. The third kappa shape index (κ3) is 4.91. The number of nitrogens with zero attached hydrogens (tertiary/aromatic N) is 2. The minimum absolute atomic E-state index is 0.161. The number of nitrogens with one attached hydrogen (secondary N) is 1. The number of rotatable bonds is 6. The first-order valence-corrected chi connectivity index (χ1v) is 10.7. The van der Waals surface area contributed by atoms with Crippen molar-refractivity contribution in [1.82, 2.24) is 15.2 Å². The third-order valence-electron chi connectivity index (χ3n) is 5.47. The lowest BCUT2D eigenvalue weighted by Crippen LogP contribution is -2.54. The van der Waals surface area contributed by atoms with Gasteiger partial charge in [-0.05, 0) is 24.1 Å². The van der Waals surface area contributed by atoms with Crippen molar-refractivity contribution in [3.8, 4) is 11.3 Å². The van der Waals surface area contributed by atoms with E-state index in [2.05, 4.69) is 22.4 Å². The van der Waals surface area contributed by atoms with E-state index in [1.807, 2.05) is 54.3 Å². The summed E-state index contributed by atoms with van der Waals surface area (Å²) in [7, 11) is 0. The number of carbonyl (C=O) groups excluding carboxylic acids is 1. The quantitative estimate of drug-likeness (QED) is 0.642. The molecule has 1 fully saturated rings. The van der Waals surface area contributed by atoms with Crippen LogP contribution in [0.15, 0.2) is 59.0 Å². The molecule has 2 aromatic carbocycles. The smallest absolute Gasteiger partial charge is 0.223 e. The maximum Gasteiger partial charge on any atom is 0.223 e. The molecule has 1 aliphatic rings. The standard InChI is InChI=1S/C24H26ClN3O2/c1-17-27-24(19-7-9-20(25)10-8-19)22(30-17)11-12-23(29)28-14-13-26-16-21(28)15-18-5-3-2-4-6-18/h2-10,21,26H,11-16H2,1H3. The molecular weight excluding hydrogens is 398 g/mol. The van der Waals surface area contributed by atoms with E-state index in [4.69, 9.17) is 16.0 Å². The normalized spacial score (nSPS) is 16.6. The van der Waals surface area contributed by atoms with Gasteiger partial charge in [0.05, 0.1) is 0 Å². The van der Waals surface area contributed by atoms with Crippen molar-refractivity contribution in [2.75, 3.05) is 19.6 Å². The molecule has 1 amide bonds. The van der Waals surface area contributed by atoms with Crippen molar-refractivity contribution in [1.29, 1.82) is 0 Å². The van der Waals surface area contributed by atoms with Crippen LogP contribution in [0.4, 0.5) is 0 Å². The van der Waals surface area contributed by atoms with Gasteiger partial charge >= 0.3 is 0 Å². The van der Waals surface area contributed by atoms with Gasteiger partial charge in [0, 0.05) is 56.0 Å². The average molecular weight is 424 g/mol. The number of aromatic nitrogens is 1. The Bertz CT molecular complexity index is 985.